The molecule has 0 bridgehead atoms. The predicted octanol–water partition coefficient (Wildman–Crippen LogP) is 1.82. The number of methoxy groups -OCH3 is 1. The summed E-state index contributed by atoms with van der Waals surface area (Å²) in [4.78, 5) is 11.9. The van der Waals surface area contributed by atoms with Crippen LogP contribution in [0.25, 0.3) is 0 Å². The van der Waals surface area contributed by atoms with E-state index in [1.165, 1.54) is 0 Å². The molecule has 0 atom stereocenters. The summed E-state index contributed by atoms with van der Waals surface area (Å²) >= 11 is 5.98. The van der Waals surface area contributed by atoms with Gasteiger partial charge >= 0.3 is 0 Å². The molecule has 1 saturated carbocycles. The Balaban J connectivity index is 1.98. The molecule has 1 amide bonds. The SMILES string of the molecule is COc1ccc(C(=O)NCC2(CN)CC2)cc1Cl. The Bertz CT molecular complexity index is 458. The smallest absolute Gasteiger partial charge is 0.251 e. The topological polar surface area (TPSA) is 64.3 Å². The number of benzene rings is 1. The highest BCUT2D eigenvalue weighted by Gasteiger charge is 2.41. The number of hydrogen-bond donors (Lipinski definition) is 2. The molecule has 1 fully saturated rings. The molecule has 4 nitrogen and oxygen atoms in total. The molecule has 3 N–H and O–H groups in total. The number of ether oxygens (including phenoxy) is 1. The highest BCUT2D eigenvalue weighted by atomic mass is 35.5. The summed E-state index contributed by atoms with van der Waals surface area (Å²) in [5, 5.41) is 3.33. The second-order valence-electron chi connectivity index (χ2n) is 4.74. The Morgan fingerprint density at radius 1 is 1.56 bits per heavy atom. The number of rotatable bonds is 5. The first-order valence-electron chi connectivity index (χ1n) is 5.92. The molecule has 1 aliphatic rings. The van der Waals surface area contributed by atoms with E-state index >= 15 is 0 Å². The van der Waals surface area contributed by atoms with Crippen LogP contribution in [0.5, 0.6) is 5.75 Å². The van der Waals surface area contributed by atoms with Gasteiger partial charge in [0.15, 0.2) is 0 Å². The lowest BCUT2D eigenvalue weighted by molar-refractivity contribution is 0.0945. The van der Waals surface area contributed by atoms with E-state index in [2.05, 4.69) is 5.32 Å². The van der Waals surface area contributed by atoms with Gasteiger partial charge in [-0.1, -0.05) is 11.6 Å². The number of nitrogens with one attached hydrogen (secondary N) is 1. The van der Waals surface area contributed by atoms with Gasteiger partial charge in [0.05, 0.1) is 12.1 Å². The number of carbonyl (C=O) groups is 1. The zero-order valence-electron chi connectivity index (χ0n) is 10.3. The van der Waals surface area contributed by atoms with Crippen molar-refractivity contribution in [2.45, 2.75) is 12.8 Å². The molecule has 0 saturated heterocycles. The van der Waals surface area contributed by atoms with Crippen molar-refractivity contribution in [1.29, 1.82) is 0 Å². The molecule has 2 rings (SSSR count). The number of nitrogens with two attached hydrogens (primary N) is 1. The molecular weight excluding hydrogens is 252 g/mol. The molecule has 0 aromatic heterocycles. The molecule has 18 heavy (non-hydrogen) atoms. The fourth-order valence-electron chi connectivity index (χ4n) is 1.81. The fraction of sp³-hybridized carbons (Fsp3) is 0.462. The fourth-order valence-corrected chi connectivity index (χ4v) is 2.07. The zero-order valence-corrected chi connectivity index (χ0v) is 11.1. The van der Waals surface area contributed by atoms with Gasteiger partial charge in [-0.05, 0) is 37.6 Å². The third-order valence-corrected chi connectivity index (χ3v) is 3.72. The van der Waals surface area contributed by atoms with Gasteiger partial charge in [-0.15, -0.1) is 0 Å². The third-order valence-electron chi connectivity index (χ3n) is 3.43. The highest BCUT2D eigenvalue weighted by Crippen LogP contribution is 2.43. The Labute approximate surface area is 111 Å². The van der Waals surface area contributed by atoms with E-state index in [4.69, 9.17) is 22.1 Å². The summed E-state index contributed by atoms with van der Waals surface area (Å²) in [6.45, 7) is 1.25. The quantitative estimate of drug-likeness (QED) is 0.856. The molecule has 1 aromatic rings. The predicted molar refractivity (Wildman–Crippen MR) is 71.1 cm³/mol. The van der Waals surface area contributed by atoms with Crippen LogP contribution < -0.4 is 15.8 Å². The van der Waals surface area contributed by atoms with Crippen molar-refractivity contribution in [2.75, 3.05) is 20.2 Å². The molecule has 0 aliphatic heterocycles. The lowest BCUT2D eigenvalue weighted by atomic mass is 10.1. The van der Waals surface area contributed by atoms with Gasteiger partial charge in [0.1, 0.15) is 5.75 Å². The molecule has 1 aromatic carbocycles. The van der Waals surface area contributed by atoms with Crippen LogP contribution >= 0.6 is 11.6 Å². The zero-order chi connectivity index (χ0) is 13.2. The van der Waals surface area contributed by atoms with Gasteiger partial charge in [-0.2, -0.15) is 0 Å². The molecule has 1 aliphatic carbocycles. The van der Waals surface area contributed by atoms with Crippen molar-refractivity contribution in [3.8, 4) is 5.75 Å². The first kappa shape index (κ1) is 13.2. The van der Waals surface area contributed by atoms with E-state index in [9.17, 15) is 4.79 Å². The highest BCUT2D eigenvalue weighted by molar-refractivity contribution is 6.32. The average molecular weight is 269 g/mol. The van der Waals surface area contributed by atoms with Gasteiger partial charge in [0.25, 0.3) is 5.91 Å². The van der Waals surface area contributed by atoms with Crippen molar-refractivity contribution in [1.82, 2.24) is 5.32 Å². The molecule has 0 spiro atoms. The third kappa shape index (κ3) is 2.76. The summed E-state index contributed by atoms with van der Waals surface area (Å²) in [6, 6.07) is 4.99. The van der Waals surface area contributed by atoms with Gasteiger partial charge < -0.3 is 15.8 Å². The van der Waals surface area contributed by atoms with Gasteiger partial charge in [-0.3, -0.25) is 4.79 Å². The Morgan fingerprint density at radius 3 is 2.78 bits per heavy atom. The van der Waals surface area contributed by atoms with Crippen LogP contribution in [0.3, 0.4) is 0 Å². The van der Waals surface area contributed by atoms with Crippen LogP contribution in [0.1, 0.15) is 23.2 Å². The Hall–Kier alpha value is -1.26. The molecule has 5 heteroatoms. The minimum atomic E-state index is -0.126. The molecular formula is C13H17ClN2O2. The van der Waals surface area contributed by atoms with Crippen molar-refractivity contribution in [3.05, 3.63) is 28.8 Å². The summed E-state index contributed by atoms with van der Waals surface area (Å²) in [7, 11) is 1.54. The average Bonchev–Trinajstić information content (AvgIpc) is 3.16. The monoisotopic (exact) mass is 268 g/mol. The molecule has 0 radical (unpaired) electrons. The summed E-state index contributed by atoms with van der Waals surface area (Å²) in [6.07, 6.45) is 2.18. The minimum Gasteiger partial charge on any atom is -0.495 e. The number of hydrogen-bond acceptors (Lipinski definition) is 3. The maximum Gasteiger partial charge on any atom is 0.251 e. The second-order valence-corrected chi connectivity index (χ2v) is 5.14. The molecule has 0 heterocycles. The number of amides is 1. The minimum absolute atomic E-state index is 0.126. The second kappa shape index (κ2) is 5.16. The van der Waals surface area contributed by atoms with Crippen molar-refractivity contribution < 1.29 is 9.53 Å². The number of carbonyl (C=O) groups excluding carboxylic acids is 1. The van der Waals surface area contributed by atoms with Crippen LogP contribution in [-0.2, 0) is 0 Å². The van der Waals surface area contributed by atoms with Crippen molar-refractivity contribution in [2.24, 2.45) is 11.1 Å². The summed E-state index contributed by atoms with van der Waals surface area (Å²) < 4.78 is 5.04. The van der Waals surface area contributed by atoms with E-state index in [-0.39, 0.29) is 11.3 Å². The van der Waals surface area contributed by atoms with E-state index in [1.807, 2.05) is 0 Å². The lowest BCUT2D eigenvalue weighted by Gasteiger charge is -2.13. The van der Waals surface area contributed by atoms with Crippen LogP contribution in [0.4, 0.5) is 0 Å². The van der Waals surface area contributed by atoms with E-state index in [1.54, 1.807) is 25.3 Å². The van der Waals surface area contributed by atoms with Crippen LogP contribution in [0, 0.1) is 5.41 Å². The lowest BCUT2D eigenvalue weighted by Crippen LogP contribution is -2.33. The van der Waals surface area contributed by atoms with Gasteiger partial charge in [-0.25, -0.2) is 0 Å². The standard InChI is InChI=1S/C13H17ClN2O2/c1-18-11-3-2-9(6-10(11)14)12(17)16-8-13(7-15)4-5-13/h2-3,6H,4-5,7-8,15H2,1H3,(H,16,17). The van der Waals surface area contributed by atoms with Crippen LogP contribution in [-0.4, -0.2) is 26.1 Å². The number of halogens is 1. The molecule has 0 unspecified atom stereocenters. The molecule has 98 valence electrons. The van der Waals surface area contributed by atoms with Crippen molar-refractivity contribution in [3.63, 3.8) is 0 Å². The Kier molecular flexibility index (Phi) is 3.78. The summed E-state index contributed by atoms with van der Waals surface area (Å²) in [5.74, 6) is 0.438. The first-order chi connectivity index (χ1) is 8.60. The van der Waals surface area contributed by atoms with Gasteiger partial charge in [0, 0.05) is 17.5 Å². The van der Waals surface area contributed by atoms with Crippen LogP contribution in [0.15, 0.2) is 18.2 Å². The van der Waals surface area contributed by atoms with E-state index < -0.39 is 0 Å². The van der Waals surface area contributed by atoms with E-state index in [0.717, 1.165) is 12.8 Å². The van der Waals surface area contributed by atoms with Gasteiger partial charge in [0.2, 0.25) is 0 Å². The largest absolute Gasteiger partial charge is 0.495 e. The van der Waals surface area contributed by atoms with E-state index in [0.29, 0.717) is 29.4 Å². The first-order valence-corrected chi connectivity index (χ1v) is 6.30. The van der Waals surface area contributed by atoms with Crippen molar-refractivity contribution >= 4 is 17.5 Å². The maximum atomic E-state index is 11.9. The summed E-state index contributed by atoms with van der Waals surface area (Å²) in [5.41, 5.74) is 6.33. The van der Waals surface area contributed by atoms with Crippen LogP contribution in [0.2, 0.25) is 5.02 Å². The normalized spacial score (nSPS) is 16.2. The maximum absolute atomic E-state index is 11.9. The Morgan fingerprint density at radius 2 is 2.28 bits per heavy atom.